The SMILES string of the molecule is C=N/N=C(/C)CF. The van der Waals surface area contributed by atoms with E-state index in [1.165, 1.54) is 0 Å². The van der Waals surface area contributed by atoms with E-state index < -0.39 is 6.67 Å². The molecular formula is C4H7FN2. The largest absolute Gasteiger partial charge is 0.245 e. The number of hydrogen-bond donors (Lipinski definition) is 0. The van der Waals surface area contributed by atoms with Crippen LogP contribution in [-0.4, -0.2) is 19.1 Å². The van der Waals surface area contributed by atoms with Gasteiger partial charge in [0.25, 0.3) is 0 Å². The molecule has 0 fully saturated rings. The molecule has 0 saturated heterocycles. The van der Waals surface area contributed by atoms with Crippen molar-refractivity contribution in [2.45, 2.75) is 6.92 Å². The van der Waals surface area contributed by atoms with Gasteiger partial charge in [0.15, 0.2) is 0 Å². The first kappa shape index (κ1) is 6.27. The summed E-state index contributed by atoms with van der Waals surface area (Å²) in [5, 5.41) is 6.40. The summed E-state index contributed by atoms with van der Waals surface area (Å²) in [5.41, 5.74) is 0.356. The van der Waals surface area contributed by atoms with E-state index in [1.807, 2.05) is 0 Å². The summed E-state index contributed by atoms with van der Waals surface area (Å²) in [6, 6.07) is 0. The zero-order chi connectivity index (χ0) is 5.70. The molecule has 0 aliphatic carbocycles. The maximum Gasteiger partial charge on any atom is 0.129 e. The highest BCUT2D eigenvalue weighted by Crippen LogP contribution is 1.77. The van der Waals surface area contributed by atoms with E-state index in [9.17, 15) is 4.39 Å². The molecule has 0 aliphatic heterocycles. The summed E-state index contributed by atoms with van der Waals surface area (Å²) in [7, 11) is 0. The van der Waals surface area contributed by atoms with E-state index in [2.05, 4.69) is 16.9 Å². The number of rotatable bonds is 2. The Kier molecular flexibility index (Phi) is 3.10. The van der Waals surface area contributed by atoms with Gasteiger partial charge in [-0.25, -0.2) is 4.39 Å². The fourth-order valence-corrected chi connectivity index (χ4v) is 0.147. The Labute approximate surface area is 41.8 Å². The van der Waals surface area contributed by atoms with Crippen LogP contribution >= 0.6 is 0 Å². The molecule has 0 spiro atoms. The summed E-state index contributed by atoms with van der Waals surface area (Å²) >= 11 is 0. The minimum atomic E-state index is -0.543. The van der Waals surface area contributed by atoms with E-state index in [4.69, 9.17) is 0 Å². The lowest BCUT2D eigenvalue weighted by atomic mass is 10.5. The zero-order valence-electron chi connectivity index (χ0n) is 4.19. The van der Waals surface area contributed by atoms with Crippen LogP contribution in [0.5, 0.6) is 0 Å². The second-order valence-corrected chi connectivity index (χ2v) is 1.11. The highest BCUT2D eigenvalue weighted by Gasteiger charge is 1.81. The van der Waals surface area contributed by atoms with Gasteiger partial charge in [-0.2, -0.15) is 10.2 Å². The number of nitrogens with zero attached hydrogens (tertiary/aromatic N) is 2. The average Bonchev–Trinajstić information content (AvgIpc) is 1.68. The van der Waals surface area contributed by atoms with Crippen molar-refractivity contribution in [3.8, 4) is 0 Å². The molecule has 0 rings (SSSR count). The van der Waals surface area contributed by atoms with Crippen molar-refractivity contribution < 1.29 is 4.39 Å². The quantitative estimate of drug-likeness (QED) is 0.367. The maximum absolute atomic E-state index is 11.4. The van der Waals surface area contributed by atoms with Crippen molar-refractivity contribution in [3.63, 3.8) is 0 Å². The second-order valence-electron chi connectivity index (χ2n) is 1.11. The third-order valence-electron chi connectivity index (χ3n) is 0.435. The predicted octanol–water partition coefficient (Wildman–Crippen LogP) is 1.03. The van der Waals surface area contributed by atoms with Crippen LogP contribution in [-0.2, 0) is 0 Å². The van der Waals surface area contributed by atoms with Gasteiger partial charge in [-0.15, -0.1) is 0 Å². The third-order valence-corrected chi connectivity index (χ3v) is 0.435. The highest BCUT2D eigenvalue weighted by molar-refractivity contribution is 5.82. The van der Waals surface area contributed by atoms with Crippen LogP contribution in [0.4, 0.5) is 4.39 Å². The second kappa shape index (κ2) is 3.46. The van der Waals surface area contributed by atoms with E-state index in [0.29, 0.717) is 5.71 Å². The average molecular weight is 102 g/mol. The number of hydrogen-bond acceptors (Lipinski definition) is 2. The van der Waals surface area contributed by atoms with Crippen LogP contribution < -0.4 is 0 Å². The molecule has 0 aliphatic rings. The third kappa shape index (κ3) is 3.09. The highest BCUT2D eigenvalue weighted by atomic mass is 19.1. The first-order valence-corrected chi connectivity index (χ1v) is 1.86. The Morgan fingerprint density at radius 3 is 2.57 bits per heavy atom. The van der Waals surface area contributed by atoms with Crippen molar-refractivity contribution in [2.75, 3.05) is 6.67 Å². The Hall–Kier alpha value is -0.730. The minimum Gasteiger partial charge on any atom is -0.245 e. The summed E-state index contributed by atoms with van der Waals surface area (Å²) < 4.78 is 11.4. The van der Waals surface area contributed by atoms with Crippen LogP contribution in [0, 0.1) is 0 Å². The zero-order valence-corrected chi connectivity index (χ0v) is 4.19. The van der Waals surface area contributed by atoms with Crippen molar-refractivity contribution in [1.82, 2.24) is 0 Å². The molecule has 0 heterocycles. The van der Waals surface area contributed by atoms with Crippen LogP contribution in [0.3, 0.4) is 0 Å². The molecule has 0 aromatic rings. The summed E-state index contributed by atoms with van der Waals surface area (Å²) in [6.07, 6.45) is 0. The molecule has 0 bridgehead atoms. The van der Waals surface area contributed by atoms with Gasteiger partial charge in [-0.05, 0) is 6.92 Å². The molecule has 2 nitrogen and oxygen atoms in total. The first-order valence-electron chi connectivity index (χ1n) is 1.86. The van der Waals surface area contributed by atoms with Gasteiger partial charge in [0, 0.05) is 6.72 Å². The van der Waals surface area contributed by atoms with Gasteiger partial charge >= 0.3 is 0 Å². The first-order chi connectivity index (χ1) is 3.31. The fourth-order valence-electron chi connectivity index (χ4n) is 0.147. The van der Waals surface area contributed by atoms with E-state index in [1.54, 1.807) is 6.92 Å². The lowest BCUT2D eigenvalue weighted by Crippen LogP contribution is -1.89. The Morgan fingerprint density at radius 1 is 1.86 bits per heavy atom. The molecule has 0 atom stereocenters. The summed E-state index contributed by atoms with van der Waals surface area (Å²) in [4.78, 5) is 0. The Morgan fingerprint density at radius 2 is 2.43 bits per heavy atom. The smallest absolute Gasteiger partial charge is 0.129 e. The number of halogens is 1. The Balaban J connectivity index is 3.49. The van der Waals surface area contributed by atoms with Gasteiger partial charge in [0.05, 0.1) is 5.71 Å². The van der Waals surface area contributed by atoms with Crippen molar-refractivity contribution in [1.29, 1.82) is 0 Å². The van der Waals surface area contributed by atoms with Gasteiger partial charge in [-0.3, -0.25) is 0 Å². The predicted molar refractivity (Wildman–Crippen MR) is 28.6 cm³/mol. The molecule has 40 valence electrons. The van der Waals surface area contributed by atoms with E-state index in [-0.39, 0.29) is 0 Å². The molecule has 0 unspecified atom stereocenters. The molecule has 7 heavy (non-hydrogen) atoms. The molecule has 0 N–H and O–H groups in total. The summed E-state index contributed by atoms with van der Waals surface area (Å²) in [6.45, 7) is 4.05. The lowest BCUT2D eigenvalue weighted by molar-refractivity contribution is 0.579. The van der Waals surface area contributed by atoms with Crippen LogP contribution in [0.1, 0.15) is 6.92 Å². The molecule has 0 aromatic carbocycles. The molecule has 0 aromatic heterocycles. The lowest BCUT2D eigenvalue weighted by Gasteiger charge is -1.81. The van der Waals surface area contributed by atoms with E-state index in [0.717, 1.165) is 0 Å². The van der Waals surface area contributed by atoms with Gasteiger partial charge in [-0.1, -0.05) is 0 Å². The minimum absolute atomic E-state index is 0.356. The molecule has 0 saturated carbocycles. The fraction of sp³-hybridized carbons (Fsp3) is 0.500. The monoisotopic (exact) mass is 102 g/mol. The summed E-state index contributed by atoms with van der Waals surface area (Å²) in [5.74, 6) is 0. The normalized spacial score (nSPS) is 11.4. The molecule has 3 heteroatoms. The maximum atomic E-state index is 11.4. The van der Waals surface area contributed by atoms with E-state index >= 15 is 0 Å². The standard InChI is InChI=1S/C4H7FN2/c1-4(3-5)7-6-2/h2-3H2,1H3/b7-4-. The van der Waals surface area contributed by atoms with Gasteiger partial charge < -0.3 is 0 Å². The molecule has 0 radical (unpaired) electrons. The van der Waals surface area contributed by atoms with Gasteiger partial charge in [0.1, 0.15) is 6.67 Å². The van der Waals surface area contributed by atoms with Crippen molar-refractivity contribution >= 4 is 12.4 Å². The topological polar surface area (TPSA) is 24.7 Å². The number of alkyl halides is 1. The van der Waals surface area contributed by atoms with Crippen molar-refractivity contribution in [3.05, 3.63) is 0 Å². The van der Waals surface area contributed by atoms with Crippen LogP contribution in [0.15, 0.2) is 10.2 Å². The molecular weight excluding hydrogens is 95.1 g/mol. The van der Waals surface area contributed by atoms with Crippen LogP contribution in [0.2, 0.25) is 0 Å². The molecule has 0 amide bonds. The Bertz CT molecular complexity index is 87.7. The van der Waals surface area contributed by atoms with Crippen LogP contribution in [0.25, 0.3) is 0 Å². The van der Waals surface area contributed by atoms with Crippen molar-refractivity contribution in [2.24, 2.45) is 10.2 Å². The van der Waals surface area contributed by atoms with Gasteiger partial charge in [0.2, 0.25) is 0 Å².